The lowest BCUT2D eigenvalue weighted by molar-refractivity contribution is 0.0977. The zero-order valence-corrected chi connectivity index (χ0v) is 8.17. The maximum Gasteiger partial charge on any atom is 0.0698 e. The van der Waals surface area contributed by atoms with E-state index < -0.39 is 0 Å². The van der Waals surface area contributed by atoms with Crippen molar-refractivity contribution in [2.75, 3.05) is 26.4 Å². The topological polar surface area (TPSA) is 41.8 Å². The smallest absolute Gasteiger partial charge is 0.0698 e. The zero-order valence-electron chi connectivity index (χ0n) is 8.17. The number of aliphatic hydroxyl groups is 1. The Morgan fingerprint density at radius 1 is 1.15 bits per heavy atom. The lowest BCUT2D eigenvalue weighted by Gasteiger charge is -2.12. The summed E-state index contributed by atoms with van der Waals surface area (Å²) in [5.74, 6) is 0. The largest absolute Gasteiger partial charge is 0.394 e. The van der Waals surface area contributed by atoms with Crippen molar-refractivity contribution < 1.29 is 9.84 Å². The van der Waals surface area contributed by atoms with E-state index in [1.165, 1.54) is 37.8 Å². The zero-order chi connectivity index (χ0) is 9.36. The van der Waals surface area contributed by atoms with Crippen molar-refractivity contribution in [1.82, 2.24) is 0 Å². The second-order valence-electron chi connectivity index (χ2n) is 3.34. The summed E-state index contributed by atoms with van der Waals surface area (Å²) in [5, 5.41) is 8.45. The lowest BCUT2D eigenvalue weighted by Crippen LogP contribution is -2.08. The highest BCUT2D eigenvalue weighted by molar-refractivity contribution is 5.84. The maximum atomic E-state index is 8.45. The Bertz CT molecular complexity index is 149. The first kappa shape index (κ1) is 10.7. The normalized spacial score (nSPS) is 17.5. The molecular formula is C10H19NO2. The SMILES string of the molecule is OCCOCCN=C1CCCCC1. The van der Waals surface area contributed by atoms with Gasteiger partial charge in [0.25, 0.3) is 0 Å². The molecule has 0 spiro atoms. The molecule has 0 unspecified atom stereocenters. The van der Waals surface area contributed by atoms with Crippen LogP contribution in [0.2, 0.25) is 0 Å². The Balaban J connectivity index is 2.01. The molecule has 0 saturated heterocycles. The second kappa shape index (κ2) is 7.04. The van der Waals surface area contributed by atoms with Crippen molar-refractivity contribution in [3.63, 3.8) is 0 Å². The number of rotatable bonds is 5. The van der Waals surface area contributed by atoms with Gasteiger partial charge in [-0.2, -0.15) is 0 Å². The van der Waals surface area contributed by atoms with Crippen molar-refractivity contribution in [3.05, 3.63) is 0 Å². The molecule has 0 aliphatic heterocycles. The Morgan fingerprint density at radius 2 is 1.92 bits per heavy atom. The summed E-state index contributed by atoms with van der Waals surface area (Å²) in [6.45, 7) is 1.95. The Kier molecular flexibility index (Phi) is 5.78. The molecule has 0 heterocycles. The summed E-state index contributed by atoms with van der Waals surface area (Å²) in [5.41, 5.74) is 1.36. The quantitative estimate of drug-likeness (QED) is 0.658. The van der Waals surface area contributed by atoms with Gasteiger partial charge in [-0.25, -0.2) is 0 Å². The van der Waals surface area contributed by atoms with E-state index in [0.717, 1.165) is 6.54 Å². The van der Waals surface area contributed by atoms with Crippen LogP contribution in [-0.4, -0.2) is 37.2 Å². The van der Waals surface area contributed by atoms with Gasteiger partial charge in [-0.3, -0.25) is 4.99 Å². The van der Waals surface area contributed by atoms with Crippen LogP contribution in [0.1, 0.15) is 32.1 Å². The van der Waals surface area contributed by atoms with Crippen molar-refractivity contribution >= 4 is 5.71 Å². The van der Waals surface area contributed by atoms with Gasteiger partial charge in [-0.15, -0.1) is 0 Å². The van der Waals surface area contributed by atoms with Crippen LogP contribution in [0.3, 0.4) is 0 Å². The molecular weight excluding hydrogens is 166 g/mol. The van der Waals surface area contributed by atoms with Crippen LogP contribution >= 0.6 is 0 Å². The first-order valence-electron chi connectivity index (χ1n) is 5.14. The number of aliphatic hydroxyl groups excluding tert-OH is 1. The molecule has 76 valence electrons. The summed E-state index contributed by atoms with van der Waals surface area (Å²) >= 11 is 0. The van der Waals surface area contributed by atoms with Gasteiger partial charge in [0.1, 0.15) is 0 Å². The van der Waals surface area contributed by atoms with Crippen molar-refractivity contribution in [1.29, 1.82) is 0 Å². The van der Waals surface area contributed by atoms with E-state index in [4.69, 9.17) is 9.84 Å². The van der Waals surface area contributed by atoms with E-state index in [0.29, 0.717) is 13.2 Å². The Morgan fingerprint density at radius 3 is 2.62 bits per heavy atom. The van der Waals surface area contributed by atoms with Crippen molar-refractivity contribution in [2.45, 2.75) is 32.1 Å². The Labute approximate surface area is 79.8 Å². The lowest BCUT2D eigenvalue weighted by atomic mass is 9.99. The van der Waals surface area contributed by atoms with Crippen LogP contribution in [0, 0.1) is 0 Å². The molecule has 1 rings (SSSR count). The van der Waals surface area contributed by atoms with E-state index >= 15 is 0 Å². The summed E-state index contributed by atoms with van der Waals surface area (Å²) in [6, 6.07) is 0. The van der Waals surface area contributed by atoms with Gasteiger partial charge in [0.15, 0.2) is 0 Å². The molecule has 3 nitrogen and oxygen atoms in total. The molecule has 13 heavy (non-hydrogen) atoms. The average molecular weight is 185 g/mol. The summed E-state index contributed by atoms with van der Waals surface area (Å²) < 4.78 is 5.12. The highest BCUT2D eigenvalue weighted by Gasteiger charge is 2.05. The standard InChI is InChI=1S/C10H19NO2/c12-7-9-13-8-6-11-10-4-2-1-3-5-10/h12H,1-9H2. The molecule has 0 aromatic heterocycles. The molecule has 1 aliphatic carbocycles. The number of ether oxygens (including phenoxy) is 1. The van der Waals surface area contributed by atoms with Gasteiger partial charge in [-0.05, 0) is 25.7 Å². The minimum Gasteiger partial charge on any atom is -0.394 e. The van der Waals surface area contributed by atoms with Gasteiger partial charge in [0.2, 0.25) is 0 Å². The van der Waals surface area contributed by atoms with Crippen molar-refractivity contribution in [3.8, 4) is 0 Å². The van der Waals surface area contributed by atoms with Gasteiger partial charge in [0.05, 0.1) is 26.4 Å². The van der Waals surface area contributed by atoms with Crippen LogP contribution in [0.15, 0.2) is 4.99 Å². The van der Waals surface area contributed by atoms with E-state index in [2.05, 4.69) is 4.99 Å². The predicted octanol–water partition coefficient (Wildman–Crippen LogP) is 1.40. The third-order valence-corrected chi connectivity index (χ3v) is 2.24. The van der Waals surface area contributed by atoms with E-state index in [9.17, 15) is 0 Å². The molecule has 0 bridgehead atoms. The molecule has 0 radical (unpaired) electrons. The molecule has 3 heteroatoms. The van der Waals surface area contributed by atoms with E-state index in [1.807, 2.05) is 0 Å². The van der Waals surface area contributed by atoms with Crippen LogP contribution in [0.25, 0.3) is 0 Å². The fourth-order valence-corrected chi connectivity index (χ4v) is 1.55. The first-order chi connectivity index (χ1) is 6.43. The molecule has 0 aromatic carbocycles. The first-order valence-corrected chi connectivity index (χ1v) is 5.14. The van der Waals surface area contributed by atoms with Crippen LogP contribution in [0.4, 0.5) is 0 Å². The highest BCUT2D eigenvalue weighted by atomic mass is 16.5. The fourth-order valence-electron chi connectivity index (χ4n) is 1.55. The molecule has 0 amide bonds. The summed E-state index contributed by atoms with van der Waals surface area (Å²) in [4.78, 5) is 4.47. The number of aliphatic imine (C=N–C) groups is 1. The predicted molar refractivity (Wildman–Crippen MR) is 53.3 cm³/mol. The van der Waals surface area contributed by atoms with Gasteiger partial charge in [-0.1, -0.05) is 6.42 Å². The minimum atomic E-state index is 0.108. The van der Waals surface area contributed by atoms with E-state index in [1.54, 1.807) is 0 Å². The Hall–Kier alpha value is -0.410. The number of nitrogens with zero attached hydrogens (tertiary/aromatic N) is 1. The summed E-state index contributed by atoms with van der Waals surface area (Å²) in [6.07, 6.45) is 6.33. The van der Waals surface area contributed by atoms with Gasteiger partial charge >= 0.3 is 0 Å². The second-order valence-corrected chi connectivity index (χ2v) is 3.34. The number of hydrogen-bond donors (Lipinski definition) is 1. The molecule has 1 fully saturated rings. The molecule has 0 atom stereocenters. The third kappa shape index (κ3) is 5.01. The molecule has 1 aliphatic rings. The summed E-state index contributed by atoms with van der Waals surface area (Å²) in [7, 11) is 0. The van der Waals surface area contributed by atoms with Crippen molar-refractivity contribution in [2.24, 2.45) is 4.99 Å². The maximum absolute atomic E-state index is 8.45. The molecule has 1 saturated carbocycles. The fraction of sp³-hybridized carbons (Fsp3) is 0.900. The highest BCUT2D eigenvalue weighted by Crippen LogP contribution is 2.14. The van der Waals surface area contributed by atoms with E-state index in [-0.39, 0.29) is 6.61 Å². The van der Waals surface area contributed by atoms with Gasteiger partial charge in [0, 0.05) is 5.71 Å². The monoisotopic (exact) mass is 185 g/mol. The number of hydrogen-bond acceptors (Lipinski definition) is 3. The van der Waals surface area contributed by atoms with Crippen LogP contribution in [0.5, 0.6) is 0 Å². The third-order valence-electron chi connectivity index (χ3n) is 2.24. The molecule has 0 aromatic rings. The van der Waals surface area contributed by atoms with Crippen LogP contribution in [-0.2, 0) is 4.74 Å². The average Bonchev–Trinajstić information content (AvgIpc) is 2.19. The van der Waals surface area contributed by atoms with Crippen LogP contribution < -0.4 is 0 Å². The molecule has 1 N–H and O–H groups in total. The van der Waals surface area contributed by atoms with Gasteiger partial charge < -0.3 is 9.84 Å². The minimum absolute atomic E-state index is 0.108.